The van der Waals surface area contributed by atoms with Gasteiger partial charge in [-0.3, -0.25) is 4.79 Å². The van der Waals surface area contributed by atoms with Crippen molar-refractivity contribution in [3.63, 3.8) is 0 Å². The van der Waals surface area contributed by atoms with E-state index in [2.05, 4.69) is 29.5 Å². The molecule has 224 valence electrons. The summed E-state index contributed by atoms with van der Waals surface area (Å²) >= 11 is 0. The van der Waals surface area contributed by atoms with E-state index in [0.29, 0.717) is 37.7 Å². The Morgan fingerprint density at radius 2 is 1.52 bits per heavy atom. The van der Waals surface area contributed by atoms with Crippen LogP contribution in [0, 0.1) is 5.92 Å². The molecule has 1 amide bonds. The Labute approximate surface area is 255 Å². The minimum Gasteiger partial charge on any atom is -0.493 e. The van der Waals surface area contributed by atoms with Crippen LogP contribution in [0.1, 0.15) is 56.8 Å². The fourth-order valence-electron chi connectivity index (χ4n) is 4.49. The highest BCUT2D eigenvalue weighted by atomic mass is 35.5. The number of hydrogen-bond acceptors (Lipinski definition) is 6. The maximum atomic E-state index is 13.2. The van der Waals surface area contributed by atoms with Crippen LogP contribution in [-0.2, 0) is 17.9 Å². The molecule has 3 aromatic carbocycles. The second-order valence-electron chi connectivity index (χ2n) is 10.5. The molecule has 0 saturated heterocycles. The number of rotatable bonds is 16. The lowest BCUT2D eigenvalue weighted by Crippen LogP contribution is -2.32. The van der Waals surface area contributed by atoms with Crippen LogP contribution in [-0.4, -0.2) is 34.1 Å². The molecule has 42 heavy (non-hydrogen) atoms. The van der Waals surface area contributed by atoms with Crippen molar-refractivity contribution in [3.05, 3.63) is 96.3 Å². The van der Waals surface area contributed by atoms with E-state index in [0.717, 1.165) is 47.5 Å². The zero-order chi connectivity index (χ0) is 28.9. The van der Waals surface area contributed by atoms with Crippen molar-refractivity contribution in [2.24, 2.45) is 11.7 Å². The molecule has 1 aromatic heterocycles. The average molecular weight is 592 g/mol. The number of benzene rings is 3. The lowest BCUT2D eigenvalue weighted by atomic mass is 10.0. The monoisotopic (exact) mass is 591 g/mol. The lowest BCUT2D eigenvalue weighted by molar-refractivity contribution is -0.125. The Kier molecular flexibility index (Phi) is 13.3. The first-order chi connectivity index (χ1) is 20.0. The van der Waals surface area contributed by atoms with E-state index in [1.807, 2.05) is 78.9 Å². The Balaban J connectivity index is 0.00000484. The zero-order valence-electron chi connectivity index (χ0n) is 24.4. The van der Waals surface area contributed by atoms with Gasteiger partial charge in [0.1, 0.15) is 29.8 Å². The number of nitrogens with two attached hydrogens (primary N) is 1. The highest BCUT2D eigenvalue weighted by Crippen LogP contribution is 2.36. The van der Waals surface area contributed by atoms with Crippen molar-refractivity contribution < 1.29 is 14.3 Å². The first-order valence-electron chi connectivity index (χ1n) is 14.4. The topological polar surface area (TPSA) is 104 Å². The standard InChI is InChI=1S/C33H41N5O3.ClH/c1-25(2)19-21-40-31-17-8-6-14-28(31)29-15-7-9-18-32(29)41-24-27-23-38(37-36-27)30(16-10-11-20-34)33(39)35-22-26-12-4-3-5-13-26;/h3-9,12-15,17-18,23,25,30H,10-11,16,19-22,24,34H2,1-2H3,(H,35,39);1H/t30-;/m1./s1. The van der Waals surface area contributed by atoms with Gasteiger partial charge < -0.3 is 20.5 Å². The minimum atomic E-state index is -0.478. The molecule has 8 nitrogen and oxygen atoms in total. The molecule has 4 rings (SSSR count). The first-order valence-corrected chi connectivity index (χ1v) is 14.4. The zero-order valence-corrected chi connectivity index (χ0v) is 25.3. The van der Waals surface area contributed by atoms with Gasteiger partial charge in [0.15, 0.2) is 0 Å². The maximum absolute atomic E-state index is 13.2. The van der Waals surface area contributed by atoms with Gasteiger partial charge in [-0.1, -0.05) is 85.8 Å². The van der Waals surface area contributed by atoms with E-state index < -0.39 is 6.04 Å². The van der Waals surface area contributed by atoms with Gasteiger partial charge in [0, 0.05) is 17.7 Å². The van der Waals surface area contributed by atoms with Gasteiger partial charge in [0.2, 0.25) is 5.91 Å². The number of hydrogen-bond donors (Lipinski definition) is 2. The van der Waals surface area contributed by atoms with Crippen LogP contribution in [0.15, 0.2) is 85.1 Å². The highest BCUT2D eigenvalue weighted by molar-refractivity contribution is 5.85. The van der Waals surface area contributed by atoms with Gasteiger partial charge in [0.05, 0.1) is 12.8 Å². The molecule has 0 radical (unpaired) electrons. The number of aromatic nitrogens is 3. The Hall–Kier alpha value is -3.88. The third-order valence-electron chi connectivity index (χ3n) is 6.81. The van der Waals surface area contributed by atoms with E-state index >= 15 is 0 Å². The number of halogens is 1. The molecule has 1 heterocycles. The third-order valence-corrected chi connectivity index (χ3v) is 6.81. The summed E-state index contributed by atoms with van der Waals surface area (Å²) in [4.78, 5) is 13.2. The van der Waals surface area contributed by atoms with E-state index in [1.165, 1.54) is 0 Å². The van der Waals surface area contributed by atoms with Crippen molar-refractivity contribution in [1.29, 1.82) is 0 Å². The summed E-state index contributed by atoms with van der Waals surface area (Å²) in [6.45, 7) is 6.29. The Morgan fingerprint density at radius 1 is 0.881 bits per heavy atom. The summed E-state index contributed by atoms with van der Waals surface area (Å²) in [6, 6.07) is 25.3. The van der Waals surface area contributed by atoms with Gasteiger partial charge in [-0.15, -0.1) is 17.5 Å². The van der Waals surface area contributed by atoms with E-state index in [9.17, 15) is 4.79 Å². The molecule has 0 unspecified atom stereocenters. The predicted octanol–water partition coefficient (Wildman–Crippen LogP) is 6.36. The van der Waals surface area contributed by atoms with Crippen LogP contribution in [0.25, 0.3) is 11.1 Å². The molecular formula is C33H42ClN5O3. The number of para-hydroxylation sites is 2. The number of nitrogens with zero attached hydrogens (tertiary/aromatic N) is 3. The van der Waals surface area contributed by atoms with Gasteiger partial charge in [0.25, 0.3) is 0 Å². The molecule has 0 aliphatic heterocycles. The smallest absolute Gasteiger partial charge is 0.245 e. The molecule has 1 atom stereocenters. The normalized spacial score (nSPS) is 11.5. The molecule has 9 heteroatoms. The summed E-state index contributed by atoms with van der Waals surface area (Å²) in [5, 5.41) is 11.7. The molecule has 3 N–H and O–H groups in total. The predicted molar refractivity (Wildman–Crippen MR) is 169 cm³/mol. The second-order valence-corrected chi connectivity index (χ2v) is 10.5. The molecule has 0 spiro atoms. The number of unbranched alkanes of at least 4 members (excludes halogenated alkanes) is 1. The summed E-state index contributed by atoms with van der Waals surface area (Å²) in [5.41, 5.74) is 9.31. The van der Waals surface area contributed by atoms with E-state index in [4.69, 9.17) is 15.2 Å². The van der Waals surface area contributed by atoms with E-state index in [1.54, 1.807) is 10.9 Å². The molecular weight excluding hydrogens is 550 g/mol. The summed E-state index contributed by atoms with van der Waals surface area (Å²) in [5.74, 6) is 2.03. The van der Waals surface area contributed by atoms with Crippen molar-refractivity contribution in [3.8, 4) is 22.6 Å². The van der Waals surface area contributed by atoms with Gasteiger partial charge >= 0.3 is 0 Å². The number of carbonyl (C=O) groups excluding carboxylic acids is 1. The fraction of sp³-hybridized carbons (Fsp3) is 0.364. The van der Waals surface area contributed by atoms with Gasteiger partial charge in [-0.05, 0) is 55.8 Å². The molecule has 4 aromatic rings. The quantitative estimate of drug-likeness (QED) is 0.147. The lowest BCUT2D eigenvalue weighted by Gasteiger charge is -2.17. The SMILES string of the molecule is CC(C)CCOc1ccccc1-c1ccccc1OCc1cn([C@H](CCCCN)C(=O)NCc2ccccc2)nn1.Cl. The van der Waals surface area contributed by atoms with Crippen molar-refractivity contribution >= 4 is 18.3 Å². The van der Waals surface area contributed by atoms with Crippen LogP contribution in [0.4, 0.5) is 0 Å². The van der Waals surface area contributed by atoms with Crippen LogP contribution < -0.4 is 20.5 Å². The van der Waals surface area contributed by atoms with Crippen molar-refractivity contribution in [2.75, 3.05) is 13.2 Å². The van der Waals surface area contributed by atoms with Gasteiger partial charge in [-0.2, -0.15) is 0 Å². The summed E-state index contributed by atoms with van der Waals surface area (Å²) in [6.07, 6.45) is 5.06. The average Bonchev–Trinajstić information content (AvgIpc) is 3.46. The molecule has 0 saturated carbocycles. The number of nitrogens with one attached hydrogen (secondary N) is 1. The summed E-state index contributed by atoms with van der Waals surface area (Å²) in [7, 11) is 0. The van der Waals surface area contributed by atoms with Crippen LogP contribution >= 0.6 is 12.4 Å². The largest absolute Gasteiger partial charge is 0.493 e. The van der Waals surface area contributed by atoms with Crippen LogP contribution in [0.3, 0.4) is 0 Å². The Bertz CT molecular complexity index is 1360. The fourth-order valence-corrected chi connectivity index (χ4v) is 4.49. The number of amides is 1. The van der Waals surface area contributed by atoms with Crippen molar-refractivity contribution in [1.82, 2.24) is 20.3 Å². The molecule has 0 aliphatic carbocycles. The third kappa shape index (κ3) is 9.60. The first kappa shape index (κ1) is 32.6. The van der Waals surface area contributed by atoms with Crippen LogP contribution in [0.2, 0.25) is 0 Å². The van der Waals surface area contributed by atoms with Crippen LogP contribution in [0.5, 0.6) is 11.5 Å². The molecule has 0 aliphatic rings. The molecule has 0 bridgehead atoms. The van der Waals surface area contributed by atoms with E-state index in [-0.39, 0.29) is 24.9 Å². The highest BCUT2D eigenvalue weighted by Gasteiger charge is 2.22. The summed E-state index contributed by atoms with van der Waals surface area (Å²) < 4.78 is 14.0. The Morgan fingerprint density at radius 3 is 2.19 bits per heavy atom. The van der Waals surface area contributed by atoms with Crippen molar-refractivity contribution in [2.45, 2.75) is 58.7 Å². The number of ether oxygens (including phenoxy) is 2. The minimum absolute atomic E-state index is 0. The molecule has 0 fully saturated rings. The number of carbonyl (C=O) groups is 1. The maximum Gasteiger partial charge on any atom is 0.245 e. The second kappa shape index (κ2) is 17.2. The van der Waals surface area contributed by atoms with Gasteiger partial charge in [-0.25, -0.2) is 4.68 Å².